The van der Waals surface area contributed by atoms with Gasteiger partial charge in [-0.25, -0.2) is 0 Å². The SMILES string of the molecule is Cc1cc(C)n(Cc2cccc(NC(=O)c3nn(C)c(C)c3Br)c2)n1. The maximum atomic E-state index is 12.5. The van der Waals surface area contributed by atoms with E-state index in [9.17, 15) is 4.79 Å². The van der Waals surface area contributed by atoms with Crippen molar-refractivity contribution in [3.05, 3.63) is 63.1 Å². The monoisotopic (exact) mass is 401 g/mol. The molecule has 0 aliphatic carbocycles. The molecule has 6 nitrogen and oxygen atoms in total. The number of nitrogens with one attached hydrogen (secondary N) is 1. The van der Waals surface area contributed by atoms with E-state index in [0.717, 1.165) is 28.3 Å². The topological polar surface area (TPSA) is 64.7 Å². The van der Waals surface area contributed by atoms with Gasteiger partial charge in [0.25, 0.3) is 5.91 Å². The highest BCUT2D eigenvalue weighted by molar-refractivity contribution is 9.10. The summed E-state index contributed by atoms with van der Waals surface area (Å²) in [5.41, 5.74) is 5.20. The molecule has 25 heavy (non-hydrogen) atoms. The zero-order chi connectivity index (χ0) is 18.1. The summed E-state index contributed by atoms with van der Waals surface area (Å²) in [4.78, 5) is 12.5. The summed E-state index contributed by atoms with van der Waals surface area (Å²) in [5, 5.41) is 11.6. The van der Waals surface area contributed by atoms with E-state index in [1.54, 1.807) is 4.68 Å². The molecule has 0 spiro atoms. The lowest BCUT2D eigenvalue weighted by atomic mass is 10.2. The van der Waals surface area contributed by atoms with E-state index < -0.39 is 0 Å². The Morgan fingerprint density at radius 3 is 2.56 bits per heavy atom. The second kappa shape index (κ2) is 6.84. The number of carbonyl (C=O) groups is 1. The predicted molar refractivity (Wildman–Crippen MR) is 101 cm³/mol. The molecule has 0 unspecified atom stereocenters. The summed E-state index contributed by atoms with van der Waals surface area (Å²) in [6, 6.07) is 9.82. The smallest absolute Gasteiger partial charge is 0.277 e. The number of carbonyl (C=O) groups excluding carboxylic acids is 1. The lowest BCUT2D eigenvalue weighted by Gasteiger charge is -2.08. The van der Waals surface area contributed by atoms with Gasteiger partial charge in [0.1, 0.15) is 0 Å². The van der Waals surface area contributed by atoms with Crippen LogP contribution in [-0.4, -0.2) is 25.5 Å². The molecule has 2 aromatic heterocycles. The van der Waals surface area contributed by atoms with Gasteiger partial charge in [0.15, 0.2) is 5.69 Å². The first kappa shape index (κ1) is 17.4. The van der Waals surface area contributed by atoms with E-state index in [2.05, 4.69) is 31.4 Å². The minimum absolute atomic E-state index is 0.237. The summed E-state index contributed by atoms with van der Waals surface area (Å²) in [6.07, 6.45) is 0. The van der Waals surface area contributed by atoms with Crippen molar-refractivity contribution in [1.82, 2.24) is 19.6 Å². The molecule has 7 heteroatoms. The third-order valence-electron chi connectivity index (χ3n) is 4.10. The van der Waals surface area contributed by atoms with Gasteiger partial charge in [0.2, 0.25) is 0 Å². The predicted octanol–water partition coefficient (Wildman–Crippen LogP) is 3.60. The fraction of sp³-hybridized carbons (Fsp3) is 0.278. The molecule has 3 rings (SSSR count). The third kappa shape index (κ3) is 3.66. The van der Waals surface area contributed by atoms with E-state index in [1.807, 2.05) is 62.8 Å². The molecular weight excluding hydrogens is 382 g/mol. The second-order valence-electron chi connectivity index (χ2n) is 6.11. The van der Waals surface area contributed by atoms with Crippen LogP contribution in [0.5, 0.6) is 0 Å². The maximum absolute atomic E-state index is 12.5. The van der Waals surface area contributed by atoms with Gasteiger partial charge in [0.05, 0.1) is 22.4 Å². The van der Waals surface area contributed by atoms with Gasteiger partial charge in [-0.3, -0.25) is 14.2 Å². The van der Waals surface area contributed by atoms with Crippen LogP contribution < -0.4 is 5.32 Å². The Kier molecular flexibility index (Phi) is 4.76. The van der Waals surface area contributed by atoms with Gasteiger partial charge in [0, 0.05) is 18.4 Å². The largest absolute Gasteiger partial charge is 0.321 e. The summed E-state index contributed by atoms with van der Waals surface area (Å²) in [7, 11) is 1.81. The van der Waals surface area contributed by atoms with Crippen LogP contribution in [-0.2, 0) is 13.6 Å². The number of hydrogen-bond donors (Lipinski definition) is 1. The van der Waals surface area contributed by atoms with Crippen LogP contribution >= 0.6 is 15.9 Å². The first-order chi connectivity index (χ1) is 11.8. The van der Waals surface area contributed by atoms with E-state index in [4.69, 9.17) is 0 Å². The van der Waals surface area contributed by atoms with E-state index in [1.165, 1.54) is 0 Å². The van der Waals surface area contributed by atoms with Crippen LogP contribution in [0.15, 0.2) is 34.8 Å². The molecule has 0 radical (unpaired) electrons. The molecular formula is C18H20BrN5O. The highest BCUT2D eigenvalue weighted by Gasteiger charge is 2.18. The van der Waals surface area contributed by atoms with Crippen LogP contribution in [0.3, 0.4) is 0 Å². The second-order valence-corrected chi connectivity index (χ2v) is 6.90. The molecule has 0 saturated carbocycles. The first-order valence-corrected chi connectivity index (χ1v) is 8.75. The first-order valence-electron chi connectivity index (χ1n) is 7.95. The standard InChI is InChI=1S/C18H20BrN5O/c1-11-8-12(2)24(21-11)10-14-6-5-7-15(9-14)20-18(25)17-16(19)13(3)23(4)22-17/h5-9H,10H2,1-4H3,(H,20,25). The van der Waals surface area contributed by atoms with Crippen molar-refractivity contribution in [2.75, 3.05) is 5.32 Å². The number of halogens is 1. The number of benzene rings is 1. The number of aromatic nitrogens is 4. The fourth-order valence-corrected chi connectivity index (χ4v) is 3.19. The van der Waals surface area contributed by atoms with Crippen molar-refractivity contribution in [3.8, 4) is 0 Å². The van der Waals surface area contributed by atoms with E-state index in [0.29, 0.717) is 16.7 Å². The lowest BCUT2D eigenvalue weighted by Crippen LogP contribution is -2.14. The van der Waals surface area contributed by atoms with Gasteiger partial charge < -0.3 is 5.32 Å². The Morgan fingerprint density at radius 2 is 1.96 bits per heavy atom. The van der Waals surface area contributed by atoms with Gasteiger partial charge in [-0.1, -0.05) is 12.1 Å². The summed E-state index contributed by atoms with van der Waals surface area (Å²) >= 11 is 3.43. The highest BCUT2D eigenvalue weighted by atomic mass is 79.9. The Hall–Kier alpha value is -2.41. The summed E-state index contributed by atoms with van der Waals surface area (Å²) in [6.45, 7) is 6.58. The van der Waals surface area contributed by atoms with E-state index in [-0.39, 0.29) is 5.91 Å². The normalized spacial score (nSPS) is 10.9. The van der Waals surface area contributed by atoms with Crippen LogP contribution in [0.4, 0.5) is 5.69 Å². The number of rotatable bonds is 4. The molecule has 0 saturated heterocycles. The van der Waals surface area contributed by atoms with E-state index >= 15 is 0 Å². The number of anilines is 1. The van der Waals surface area contributed by atoms with Crippen molar-refractivity contribution in [2.24, 2.45) is 7.05 Å². The third-order valence-corrected chi connectivity index (χ3v) is 5.05. The minimum atomic E-state index is -0.237. The minimum Gasteiger partial charge on any atom is -0.321 e. The number of nitrogens with zero attached hydrogens (tertiary/aromatic N) is 4. The molecule has 2 heterocycles. The Balaban J connectivity index is 1.78. The zero-order valence-corrected chi connectivity index (χ0v) is 16.3. The van der Waals surface area contributed by atoms with Crippen molar-refractivity contribution >= 4 is 27.5 Å². The van der Waals surface area contributed by atoms with Crippen LogP contribution in [0.25, 0.3) is 0 Å². The Bertz CT molecular complexity index is 941. The van der Waals surface area contributed by atoms with Crippen molar-refractivity contribution in [1.29, 1.82) is 0 Å². The average Bonchev–Trinajstić information content (AvgIpc) is 3.01. The van der Waals surface area contributed by atoms with Crippen molar-refractivity contribution < 1.29 is 4.79 Å². The molecule has 0 fully saturated rings. The van der Waals surface area contributed by atoms with Gasteiger partial charge in [-0.15, -0.1) is 0 Å². The van der Waals surface area contributed by atoms with Crippen molar-refractivity contribution in [3.63, 3.8) is 0 Å². The number of aryl methyl sites for hydroxylation is 3. The molecule has 0 aliphatic rings. The van der Waals surface area contributed by atoms with Gasteiger partial charge >= 0.3 is 0 Å². The summed E-state index contributed by atoms with van der Waals surface area (Å²) in [5.74, 6) is -0.237. The Labute approximate surface area is 155 Å². The lowest BCUT2D eigenvalue weighted by molar-refractivity contribution is 0.102. The fourth-order valence-electron chi connectivity index (χ4n) is 2.67. The molecule has 1 aromatic carbocycles. The number of hydrogen-bond acceptors (Lipinski definition) is 3. The molecule has 1 amide bonds. The van der Waals surface area contributed by atoms with Crippen LogP contribution in [0.1, 0.15) is 33.1 Å². The molecule has 130 valence electrons. The van der Waals surface area contributed by atoms with Crippen molar-refractivity contribution in [2.45, 2.75) is 27.3 Å². The maximum Gasteiger partial charge on any atom is 0.277 e. The van der Waals surface area contributed by atoms with Crippen LogP contribution in [0.2, 0.25) is 0 Å². The molecule has 0 atom stereocenters. The number of amides is 1. The molecule has 0 aliphatic heterocycles. The zero-order valence-electron chi connectivity index (χ0n) is 14.7. The molecule has 1 N–H and O–H groups in total. The van der Waals surface area contributed by atoms with Crippen LogP contribution in [0, 0.1) is 20.8 Å². The van der Waals surface area contributed by atoms with Gasteiger partial charge in [-0.05, 0) is 60.5 Å². The Morgan fingerprint density at radius 1 is 1.20 bits per heavy atom. The molecule has 3 aromatic rings. The summed E-state index contributed by atoms with van der Waals surface area (Å²) < 4.78 is 4.35. The van der Waals surface area contributed by atoms with Gasteiger partial charge in [-0.2, -0.15) is 10.2 Å². The molecule has 0 bridgehead atoms. The quantitative estimate of drug-likeness (QED) is 0.725. The average molecular weight is 402 g/mol. The highest BCUT2D eigenvalue weighted by Crippen LogP contribution is 2.21.